The Hall–Kier alpha value is -3.03. The third-order valence-electron chi connectivity index (χ3n) is 9.28. The van der Waals surface area contributed by atoms with Gasteiger partial charge in [-0.2, -0.15) is 0 Å². The number of carbonyl (C=O) groups is 2. The fraction of sp³-hybridized carbons (Fsp3) is 0.552. The highest BCUT2D eigenvalue weighted by atomic mass is 19.1. The molecule has 1 aliphatic heterocycles. The standard InChI is InChI=1S/C29H34F2N4O2/c1-34(28(37)33-24-2-3-26(32-17-24)21-11-22(30)13-23(31)12-21)25-4-6-35(7-5-25)27(36)29-14-18-8-19(15-29)10-20(9-18)16-29/h2-3,11-13,17-20,25H,4-10,14-16H2,1H3,(H,33,37). The third kappa shape index (κ3) is 4.71. The molecule has 196 valence electrons. The molecule has 1 aromatic heterocycles. The number of urea groups is 1. The number of rotatable bonds is 4. The second-order valence-electron chi connectivity index (χ2n) is 11.9. The molecule has 4 aliphatic carbocycles. The first kappa shape index (κ1) is 24.3. The van der Waals surface area contributed by atoms with Gasteiger partial charge in [-0.3, -0.25) is 9.78 Å². The number of anilines is 1. The molecule has 0 unspecified atom stereocenters. The highest BCUT2D eigenvalue weighted by molar-refractivity contribution is 5.89. The lowest BCUT2D eigenvalue weighted by Crippen LogP contribution is -2.57. The number of nitrogens with one attached hydrogen (secondary N) is 1. The number of hydrogen-bond donors (Lipinski definition) is 1. The topological polar surface area (TPSA) is 65.5 Å². The van der Waals surface area contributed by atoms with E-state index < -0.39 is 11.6 Å². The molecule has 0 spiro atoms. The number of pyridine rings is 1. The van der Waals surface area contributed by atoms with E-state index in [-0.39, 0.29) is 17.5 Å². The zero-order valence-electron chi connectivity index (χ0n) is 21.3. The Bertz CT molecular complexity index is 1140. The number of nitrogens with zero attached hydrogens (tertiary/aromatic N) is 3. The second-order valence-corrected chi connectivity index (χ2v) is 11.9. The second kappa shape index (κ2) is 9.37. The monoisotopic (exact) mass is 508 g/mol. The van der Waals surface area contributed by atoms with E-state index in [1.54, 1.807) is 24.1 Å². The van der Waals surface area contributed by atoms with E-state index in [1.807, 2.05) is 0 Å². The van der Waals surface area contributed by atoms with Crippen LogP contribution in [0.3, 0.4) is 0 Å². The lowest BCUT2D eigenvalue weighted by Gasteiger charge is -2.57. The molecule has 37 heavy (non-hydrogen) atoms. The summed E-state index contributed by atoms with van der Waals surface area (Å²) < 4.78 is 27.0. The fourth-order valence-electron chi connectivity index (χ4n) is 7.88. The number of benzene rings is 1. The molecule has 3 amide bonds. The van der Waals surface area contributed by atoms with Gasteiger partial charge in [0.15, 0.2) is 0 Å². The number of likely N-dealkylation sites (tertiary alicyclic amines) is 1. The summed E-state index contributed by atoms with van der Waals surface area (Å²) in [4.78, 5) is 34.6. The summed E-state index contributed by atoms with van der Waals surface area (Å²) >= 11 is 0. The van der Waals surface area contributed by atoms with Crippen molar-refractivity contribution < 1.29 is 18.4 Å². The van der Waals surface area contributed by atoms with Crippen molar-refractivity contribution in [3.8, 4) is 11.3 Å². The molecule has 5 fully saturated rings. The molecule has 4 bridgehead atoms. The summed E-state index contributed by atoms with van der Waals surface area (Å²) in [6.07, 6.45) is 10.3. The molecule has 2 heterocycles. The van der Waals surface area contributed by atoms with Gasteiger partial charge in [0.1, 0.15) is 11.6 Å². The molecule has 8 heteroatoms. The summed E-state index contributed by atoms with van der Waals surface area (Å²) in [5.74, 6) is 1.30. The highest BCUT2D eigenvalue weighted by Gasteiger charge is 2.55. The van der Waals surface area contributed by atoms with Crippen LogP contribution in [-0.2, 0) is 4.79 Å². The van der Waals surface area contributed by atoms with Crippen LogP contribution in [0.1, 0.15) is 51.4 Å². The molecular formula is C29H34F2N4O2. The Labute approximate surface area is 216 Å². The van der Waals surface area contributed by atoms with Crippen molar-refractivity contribution in [1.82, 2.24) is 14.8 Å². The maximum Gasteiger partial charge on any atom is 0.321 e. The minimum Gasteiger partial charge on any atom is -0.342 e. The number of aromatic nitrogens is 1. The molecule has 6 nitrogen and oxygen atoms in total. The Morgan fingerprint density at radius 2 is 1.57 bits per heavy atom. The molecule has 0 atom stereocenters. The Kier molecular flexibility index (Phi) is 6.16. The zero-order valence-corrected chi connectivity index (χ0v) is 21.3. The Morgan fingerprint density at radius 1 is 0.973 bits per heavy atom. The number of carbonyl (C=O) groups excluding carboxylic acids is 2. The predicted molar refractivity (Wildman–Crippen MR) is 137 cm³/mol. The predicted octanol–water partition coefficient (Wildman–Crippen LogP) is 5.70. The van der Waals surface area contributed by atoms with Crippen LogP contribution in [0.15, 0.2) is 36.5 Å². The van der Waals surface area contributed by atoms with Crippen molar-refractivity contribution in [2.75, 3.05) is 25.5 Å². The summed E-state index contributed by atoms with van der Waals surface area (Å²) in [6.45, 7) is 1.40. The van der Waals surface area contributed by atoms with Crippen molar-refractivity contribution in [2.24, 2.45) is 23.2 Å². The quantitative estimate of drug-likeness (QED) is 0.576. The SMILES string of the molecule is CN(C(=O)Nc1ccc(-c2cc(F)cc(F)c2)nc1)C1CCN(C(=O)C23CC4CC(CC(C4)C2)C3)CC1. The first-order valence-electron chi connectivity index (χ1n) is 13.5. The van der Waals surface area contributed by atoms with Gasteiger partial charge in [0, 0.05) is 37.8 Å². The Morgan fingerprint density at radius 3 is 2.11 bits per heavy atom. The largest absolute Gasteiger partial charge is 0.342 e. The number of amides is 3. The molecule has 1 aromatic carbocycles. The molecule has 2 aromatic rings. The maximum atomic E-state index is 13.7. The van der Waals surface area contributed by atoms with Crippen LogP contribution in [0, 0.1) is 34.8 Å². The van der Waals surface area contributed by atoms with E-state index in [9.17, 15) is 18.4 Å². The molecule has 0 radical (unpaired) electrons. The first-order valence-corrected chi connectivity index (χ1v) is 13.5. The van der Waals surface area contributed by atoms with Gasteiger partial charge in [0.05, 0.1) is 23.0 Å². The van der Waals surface area contributed by atoms with Crippen LogP contribution in [0.2, 0.25) is 0 Å². The minimum absolute atomic E-state index is 0.0583. The van der Waals surface area contributed by atoms with E-state index in [0.29, 0.717) is 35.9 Å². The van der Waals surface area contributed by atoms with Crippen LogP contribution in [0.5, 0.6) is 0 Å². The van der Waals surface area contributed by atoms with Crippen LogP contribution < -0.4 is 5.32 Å². The van der Waals surface area contributed by atoms with E-state index in [0.717, 1.165) is 55.9 Å². The van der Waals surface area contributed by atoms with Gasteiger partial charge < -0.3 is 15.1 Å². The maximum absolute atomic E-state index is 13.7. The van der Waals surface area contributed by atoms with Crippen molar-refractivity contribution in [2.45, 2.75) is 57.4 Å². The van der Waals surface area contributed by atoms with Gasteiger partial charge in [-0.1, -0.05) is 0 Å². The average molecular weight is 509 g/mol. The van der Waals surface area contributed by atoms with E-state index in [4.69, 9.17) is 0 Å². The molecular weight excluding hydrogens is 474 g/mol. The van der Waals surface area contributed by atoms with Gasteiger partial charge in [0.2, 0.25) is 5.91 Å². The average Bonchev–Trinajstić information content (AvgIpc) is 2.87. The van der Waals surface area contributed by atoms with Crippen LogP contribution in [-0.4, -0.2) is 52.9 Å². The van der Waals surface area contributed by atoms with E-state index in [1.165, 1.54) is 37.6 Å². The van der Waals surface area contributed by atoms with Crippen molar-refractivity contribution in [3.05, 3.63) is 48.2 Å². The van der Waals surface area contributed by atoms with Gasteiger partial charge >= 0.3 is 6.03 Å². The number of halogens is 2. The highest BCUT2D eigenvalue weighted by Crippen LogP contribution is 2.60. The van der Waals surface area contributed by atoms with Crippen LogP contribution >= 0.6 is 0 Å². The third-order valence-corrected chi connectivity index (χ3v) is 9.28. The first-order chi connectivity index (χ1) is 17.8. The van der Waals surface area contributed by atoms with Gasteiger partial charge in [-0.15, -0.1) is 0 Å². The van der Waals surface area contributed by atoms with Gasteiger partial charge in [-0.05, 0) is 93.4 Å². The fourth-order valence-corrected chi connectivity index (χ4v) is 7.88. The van der Waals surface area contributed by atoms with Crippen molar-refractivity contribution in [1.29, 1.82) is 0 Å². The number of hydrogen-bond acceptors (Lipinski definition) is 3. The molecule has 4 saturated carbocycles. The summed E-state index contributed by atoms with van der Waals surface area (Å²) in [5, 5.41) is 2.86. The van der Waals surface area contributed by atoms with Gasteiger partial charge in [0.25, 0.3) is 0 Å². The molecule has 7 rings (SSSR count). The smallest absolute Gasteiger partial charge is 0.321 e. The lowest BCUT2D eigenvalue weighted by atomic mass is 9.49. The number of piperidine rings is 1. The van der Waals surface area contributed by atoms with E-state index in [2.05, 4.69) is 15.2 Å². The van der Waals surface area contributed by atoms with Crippen molar-refractivity contribution in [3.63, 3.8) is 0 Å². The normalized spacial score (nSPS) is 28.8. The Balaban J connectivity index is 1.03. The lowest BCUT2D eigenvalue weighted by molar-refractivity contribution is -0.159. The summed E-state index contributed by atoms with van der Waals surface area (Å²) in [5.41, 5.74) is 1.15. The van der Waals surface area contributed by atoms with E-state index >= 15 is 0 Å². The van der Waals surface area contributed by atoms with Crippen molar-refractivity contribution >= 4 is 17.6 Å². The zero-order chi connectivity index (χ0) is 25.7. The molecule has 1 saturated heterocycles. The van der Waals surface area contributed by atoms with Crippen LogP contribution in [0.4, 0.5) is 19.3 Å². The summed E-state index contributed by atoms with van der Waals surface area (Å²) in [7, 11) is 1.79. The minimum atomic E-state index is -0.665. The molecule has 1 N–H and O–H groups in total. The summed E-state index contributed by atoms with van der Waals surface area (Å²) in [6, 6.07) is 6.37. The molecule has 5 aliphatic rings. The van der Waals surface area contributed by atoms with Crippen LogP contribution in [0.25, 0.3) is 11.3 Å². The van der Waals surface area contributed by atoms with Gasteiger partial charge in [-0.25, -0.2) is 13.6 Å².